The number of carbonyl (C=O) groups excluding carboxylic acids is 2. The minimum absolute atomic E-state index is 0.0406. The average Bonchev–Trinajstić information content (AvgIpc) is 2.16. The highest BCUT2D eigenvalue weighted by molar-refractivity contribution is 5.92. The van der Waals surface area contributed by atoms with E-state index in [1.807, 2.05) is 0 Å². The molecule has 4 nitrogen and oxygen atoms in total. The topological polar surface area (TPSA) is 52.6 Å². The van der Waals surface area contributed by atoms with Crippen LogP contribution >= 0.6 is 0 Å². The van der Waals surface area contributed by atoms with Crippen LogP contribution in [0.4, 0.5) is 4.39 Å². The summed E-state index contributed by atoms with van der Waals surface area (Å²) in [4.78, 5) is 21.8. The highest BCUT2D eigenvalue weighted by Crippen LogP contribution is 2.25. The number of hydrogen-bond donors (Lipinski definition) is 0. The number of esters is 2. The van der Waals surface area contributed by atoms with E-state index in [0.29, 0.717) is 0 Å². The zero-order chi connectivity index (χ0) is 10.8. The fourth-order valence-corrected chi connectivity index (χ4v) is 1.26. The van der Waals surface area contributed by atoms with E-state index in [0.717, 1.165) is 0 Å². The fraction of sp³-hybridized carbons (Fsp3) is 0.200. The summed E-state index contributed by atoms with van der Waals surface area (Å²) < 4.78 is 22.6. The van der Waals surface area contributed by atoms with Crippen molar-refractivity contribution in [1.82, 2.24) is 0 Å². The van der Waals surface area contributed by atoms with Crippen molar-refractivity contribution in [3.63, 3.8) is 0 Å². The summed E-state index contributed by atoms with van der Waals surface area (Å²) in [6.07, 6.45) is -1.69. The molecule has 0 saturated carbocycles. The van der Waals surface area contributed by atoms with Gasteiger partial charge in [0.15, 0.2) is 0 Å². The smallest absolute Gasteiger partial charge is 0.320 e. The van der Waals surface area contributed by atoms with Crippen molar-refractivity contribution in [1.29, 1.82) is 0 Å². The Morgan fingerprint density at radius 2 is 1.73 bits per heavy atom. The van der Waals surface area contributed by atoms with Crippen molar-refractivity contribution in [3.8, 4) is 0 Å². The van der Waals surface area contributed by atoms with Gasteiger partial charge in [0.25, 0.3) is 6.29 Å². The van der Waals surface area contributed by atoms with Gasteiger partial charge in [0, 0.05) is 0 Å². The van der Waals surface area contributed by atoms with Gasteiger partial charge in [-0.25, -0.2) is 4.39 Å². The van der Waals surface area contributed by atoms with Crippen LogP contribution in [0.2, 0.25) is 0 Å². The Balaban J connectivity index is 2.27. The highest BCUT2D eigenvalue weighted by atomic mass is 19.1. The van der Waals surface area contributed by atoms with Crippen LogP contribution in [0.3, 0.4) is 0 Å². The third-order valence-electron chi connectivity index (χ3n) is 1.92. The first-order chi connectivity index (χ1) is 7.16. The number of carbonyl (C=O) groups is 2. The molecule has 0 unspecified atom stereocenters. The van der Waals surface area contributed by atoms with Crippen molar-refractivity contribution in [3.05, 3.63) is 35.6 Å². The van der Waals surface area contributed by atoms with Crippen LogP contribution in [0.5, 0.6) is 0 Å². The second-order valence-corrected chi connectivity index (χ2v) is 3.01. The molecule has 0 bridgehead atoms. The SMILES string of the molecule is O=C1CC(=O)OC(c2ccccc2F)O1. The van der Waals surface area contributed by atoms with E-state index in [2.05, 4.69) is 0 Å². The Kier molecular flexibility index (Phi) is 2.37. The average molecular weight is 210 g/mol. The molecule has 1 fully saturated rings. The Morgan fingerprint density at radius 3 is 2.33 bits per heavy atom. The summed E-state index contributed by atoms with van der Waals surface area (Å²) in [5.74, 6) is -2.00. The van der Waals surface area contributed by atoms with E-state index in [4.69, 9.17) is 9.47 Å². The van der Waals surface area contributed by atoms with Crippen molar-refractivity contribution in [2.45, 2.75) is 12.7 Å². The van der Waals surface area contributed by atoms with E-state index in [-0.39, 0.29) is 5.56 Å². The molecule has 0 radical (unpaired) electrons. The molecule has 0 aromatic heterocycles. The number of hydrogen-bond acceptors (Lipinski definition) is 4. The third kappa shape index (κ3) is 1.96. The summed E-state index contributed by atoms with van der Waals surface area (Å²) >= 11 is 0. The zero-order valence-electron chi connectivity index (χ0n) is 7.60. The van der Waals surface area contributed by atoms with Gasteiger partial charge in [-0.3, -0.25) is 9.59 Å². The fourth-order valence-electron chi connectivity index (χ4n) is 1.26. The van der Waals surface area contributed by atoms with Crippen molar-refractivity contribution in [2.75, 3.05) is 0 Å². The first-order valence-electron chi connectivity index (χ1n) is 4.30. The maximum absolute atomic E-state index is 13.2. The van der Waals surface area contributed by atoms with E-state index in [1.165, 1.54) is 18.2 Å². The highest BCUT2D eigenvalue weighted by Gasteiger charge is 2.30. The molecular weight excluding hydrogens is 203 g/mol. The lowest BCUT2D eigenvalue weighted by atomic mass is 10.2. The molecule has 0 amide bonds. The summed E-state index contributed by atoms with van der Waals surface area (Å²) in [5.41, 5.74) is 0.0406. The van der Waals surface area contributed by atoms with Crippen LogP contribution in [-0.2, 0) is 19.1 Å². The van der Waals surface area contributed by atoms with Gasteiger partial charge in [0.2, 0.25) is 0 Å². The van der Waals surface area contributed by atoms with Crippen LogP contribution in [-0.4, -0.2) is 11.9 Å². The molecule has 0 N–H and O–H groups in total. The maximum Gasteiger partial charge on any atom is 0.320 e. The molecule has 78 valence electrons. The molecule has 0 aliphatic carbocycles. The first-order valence-corrected chi connectivity index (χ1v) is 4.30. The van der Waals surface area contributed by atoms with E-state index in [1.54, 1.807) is 6.07 Å². The van der Waals surface area contributed by atoms with Gasteiger partial charge in [-0.2, -0.15) is 0 Å². The van der Waals surface area contributed by atoms with E-state index >= 15 is 0 Å². The van der Waals surface area contributed by atoms with Crippen LogP contribution < -0.4 is 0 Å². The molecule has 0 spiro atoms. The van der Waals surface area contributed by atoms with Crippen molar-refractivity contribution in [2.24, 2.45) is 0 Å². The quantitative estimate of drug-likeness (QED) is 0.518. The largest absolute Gasteiger partial charge is 0.420 e. The van der Waals surface area contributed by atoms with E-state index in [9.17, 15) is 14.0 Å². The summed E-state index contributed by atoms with van der Waals surface area (Å²) in [5, 5.41) is 0. The second kappa shape index (κ2) is 3.68. The lowest BCUT2D eigenvalue weighted by molar-refractivity contribution is -0.205. The van der Waals surface area contributed by atoms with Gasteiger partial charge in [-0.1, -0.05) is 12.1 Å². The molecule has 1 aliphatic heterocycles. The van der Waals surface area contributed by atoms with Gasteiger partial charge < -0.3 is 9.47 Å². The number of cyclic esters (lactones) is 2. The standard InChI is InChI=1S/C10H7FO4/c11-7-4-2-1-3-6(7)10-14-8(12)5-9(13)15-10/h1-4,10H,5H2. The molecule has 0 atom stereocenters. The Labute approximate surface area is 84.6 Å². The number of benzene rings is 1. The lowest BCUT2D eigenvalue weighted by Crippen LogP contribution is -2.27. The van der Waals surface area contributed by atoms with Gasteiger partial charge >= 0.3 is 11.9 Å². The van der Waals surface area contributed by atoms with Gasteiger partial charge in [-0.15, -0.1) is 0 Å². The molecule has 15 heavy (non-hydrogen) atoms. The van der Waals surface area contributed by atoms with Crippen LogP contribution in [0.15, 0.2) is 24.3 Å². The zero-order valence-corrected chi connectivity index (χ0v) is 7.60. The summed E-state index contributed by atoms with van der Waals surface area (Å²) in [7, 11) is 0. The van der Waals surface area contributed by atoms with Crippen LogP contribution in [0, 0.1) is 5.82 Å². The first kappa shape index (κ1) is 9.64. The van der Waals surface area contributed by atoms with Crippen LogP contribution in [0.25, 0.3) is 0 Å². The number of rotatable bonds is 1. The minimum Gasteiger partial charge on any atom is -0.420 e. The molecular formula is C10H7FO4. The number of ether oxygens (including phenoxy) is 2. The molecule has 5 heteroatoms. The molecule has 1 aromatic rings. The Morgan fingerprint density at radius 1 is 1.13 bits per heavy atom. The predicted molar refractivity (Wildman–Crippen MR) is 45.9 cm³/mol. The van der Waals surface area contributed by atoms with Gasteiger partial charge in [-0.05, 0) is 12.1 Å². The minimum atomic E-state index is -1.26. The van der Waals surface area contributed by atoms with Gasteiger partial charge in [0.1, 0.15) is 12.2 Å². The number of halogens is 1. The molecule has 2 rings (SSSR count). The van der Waals surface area contributed by atoms with Crippen LogP contribution in [0.1, 0.15) is 18.3 Å². The lowest BCUT2D eigenvalue weighted by Gasteiger charge is -2.22. The monoisotopic (exact) mass is 210 g/mol. The molecule has 1 heterocycles. The Bertz CT molecular complexity index is 400. The Hall–Kier alpha value is -1.91. The van der Waals surface area contributed by atoms with Crippen molar-refractivity contribution < 1.29 is 23.5 Å². The van der Waals surface area contributed by atoms with Gasteiger partial charge in [0.05, 0.1) is 5.56 Å². The van der Waals surface area contributed by atoms with Crippen molar-refractivity contribution >= 4 is 11.9 Å². The van der Waals surface area contributed by atoms with E-state index < -0.39 is 30.5 Å². The third-order valence-corrected chi connectivity index (χ3v) is 1.92. The predicted octanol–water partition coefficient (Wildman–Crippen LogP) is 1.31. The summed E-state index contributed by atoms with van der Waals surface area (Å²) in [6, 6.07) is 5.65. The summed E-state index contributed by atoms with van der Waals surface area (Å²) in [6.45, 7) is 0. The molecule has 1 aromatic carbocycles. The molecule has 1 aliphatic rings. The maximum atomic E-state index is 13.2. The second-order valence-electron chi connectivity index (χ2n) is 3.01. The normalized spacial score (nSPS) is 17.1. The molecule has 1 saturated heterocycles.